The fourth-order valence-corrected chi connectivity index (χ4v) is 4.01. The Hall–Kier alpha value is -0.960. The van der Waals surface area contributed by atoms with Crippen LogP contribution in [0.3, 0.4) is 0 Å². The molecule has 0 aromatic heterocycles. The van der Waals surface area contributed by atoms with Gasteiger partial charge in [0.1, 0.15) is 0 Å². The summed E-state index contributed by atoms with van der Waals surface area (Å²) in [6.07, 6.45) is 4.90. The van der Waals surface area contributed by atoms with Crippen LogP contribution in [0.2, 0.25) is 0 Å². The minimum absolute atomic E-state index is 0.0354. The lowest BCUT2D eigenvalue weighted by molar-refractivity contribution is -0.134. The lowest BCUT2D eigenvalue weighted by Crippen LogP contribution is -2.47. The Morgan fingerprint density at radius 3 is 2.38 bits per heavy atom. The average molecular weight is 305 g/mol. The molecule has 21 heavy (non-hydrogen) atoms. The van der Waals surface area contributed by atoms with Gasteiger partial charge in [0, 0.05) is 17.8 Å². The van der Waals surface area contributed by atoms with E-state index in [1.54, 1.807) is 11.8 Å². The van der Waals surface area contributed by atoms with Gasteiger partial charge >= 0.3 is 0 Å². The van der Waals surface area contributed by atoms with Gasteiger partial charge in [-0.05, 0) is 39.2 Å². The topological polar surface area (TPSA) is 20.3 Å². The van der Waals surface area contributed by atoms with Gasteiger partial charge < -0.3 is 4.90 Å². The largest absolute Gasteiger partial charge is 0.336 e. The average Bonchev–Trinajstić information content (AvgIpc) is 2.99. The van der Waals surface area contributed by atoms with Gasteiger partial charge in [-0.3, -0.25) is 4.79 Å². The second-order valence-corrected chi connectivity index (χ2v) is 7.55. The smallest absolute Gasteiger partial charge is 0.235 e. The third kappa shape index (κ3) is 4.50. The van der Waals surface area contributed by atoms with E-state index in [0.29, 0.717) is 18.0 Å². The van der Waals surface area contributed by atoms with Crippen molar-refractivity contribution in [2.75, 3.05) is 0 Å². The molecule has 0 radical (unpaired) electrons. The molecule has 1 fully saturated rings. The van der Waals surface area contributed by atoms with Gasteiger partial charge in [-0.15, -0.1) is 11.8 Å². The van der Waals surface area contributed by atoms with Gasteiger partial charge in [-0.1, -0.05) is 43.2 Å². The van der Waals surface area contributed by atoms with E-state index < -0.39 is 0 Å². The van der Waals surface area contributed by atoms with Crippen LogP contribution in [-0.2, 0) is 10.5 Å². The molecule has 0 N–H and O–H groups in total. The first kappa shape index (κ1) is 16.4. The summed E-state index contributed by atoms with van der Waals surface area (Å²) >= 11 is 1.75. The van der Waals surface area contributed by atoms with Gasteiger partial charge in [0.25, 0.3) is 0 Å². The molecule has 1 amide bonds. The molecule has 2 nitrogen and oxygen atoms in total. The molecule has 3 heteroatoms. The van der Waals surface area contributed by atoms with Crippen LogP contribution in [0, 0.1) is 0 Å². The van der Waals surface area contributed by atoms with Crippen molar-refractivity contribution in [2.24, 2.45) is 0 Å². The number of hydrogen-bond donors (Lipinski definition) is 0. The van der Waals surface area contributed by atoms with Crippen LogP contribution in [-0.4, -0.2) is 28.1 Å². The maximum absolute atomic E-state index is 12.8. The molecule has 1 aliphatic rings. The van der Waals surface area contributed by atoms with Crippen LogP contribution >= 0.6 is 11.8 Å². The number of benzene rings is 1. The number of thioether (sulfide) groups is 1. The van der Waals surface area contributed by atoms with Crippen LogP contribution in [0.4, 0.5) is 0 Å². The van der Waals surface area contributed by atoms with Crippen molar-refractivity contribution < 1.29 is 4.79 Å². The standard InChI is InChI=1S/C18H27NOS/c1-14(2)19(17-11-7-8-12-17)18(20)15(3)21-13-16-9-5-4-6-10-16/h4-6,9-10,14-15,17H,7-8,11-13H2,1-3H3. The second kappa shape index (κ2) is 7.88. The van der Waals surface area contributed by atoms with E-state index >= 15 is 0 Å². The number of rotatable bonds is 6. The minimum atomic E-state index is 0.0354. The zero-order chi connectivity index (χ0) is 15.2. The van der Waals surface area contributed by atoms with Crippen molar-refractivity contribution in [3.63, 3.8) is 0 Å². The molecule has 0 bridgehead atoms. The maximum atomic E-state index is 12.8. The summed E-state index contributed by atoms with van der Waals surface area (Å²) in [6.45, 7) is 6.34. The summed E-state index contributed by atoms with van der Waals surface area (Å²) in [5.74, 6) is 1.22. The molecule has 1 aromatic rings. The zero-order valence-corrected chi connectivity index (χ0v) is 14.2. The quantitative estimate of drug-likeness (QED) is 0.772. The van der Waals surface area contributed by atoms with Gasteiger partial charge in [0.15, 0.2) is 0 Å². The zero-order valence-electron chi connectivity index (χ0n) is 13.4. The van der Waals surface area contributed by atoms with Gasteiger partial charge in [0.05, 0.1) is 5.25 Å². The first-order valence-corrected chi connectivity index (χ1v) is 9.12. The molecular formula is C18H27NOS. The first-order chi connectivity index (χ1) is 10.1. The summed E-state index contributed by atoms with van der Waals surface area (Å²) in [4.78, 5) is 14.9. The molecule has 0 saturated heterocycles. The maximum Gasteiger partial charge on any atom is 0.235 e. The highest BCUT2D eigenvalue weighted by molar-refractivity contribution is 7.99. The molecule has 116 valence electrons. The Bertz CT molecular complexity index is 440. The molecule has 0 spiro atoms. The molecule has 1 aromatic carbocycles. The summed E-state index contributed by atoms with van der Waals surface area (Å²) < 4.78 is 0. The van der Waals surface area contributed by atoms with E-state index in [1.807, 2.05) is 6.07 Å². The SMILES string of the molecule is CC(SCc1ccccc1)C(=O)N(C(C)C)C1CCCC1. The van der Waals surface area contributed by atoms with Gasteiger partial charge in [-0.2, -0.15) is 0 Å². The van der Waals surface area contributed by atoms with Crippen molar-refractivity contribution >= 4 is 17.7 Å². The van der Waals surface area contributed by atoms with E-state index in [0.717, 1.165) is 5.75 Å². The second-order valence-electron chi connectivity index (χ2n) is 6.22. The van der Waals surface area contributed by atoms with E-state index in [4.69, 9.17) is 0 Å². The van der Waals surface area contributed by atoms with Crippen LogP contribution in [0.5, 0.6) is 0 Å². The van der Waals surface area contributed by atoms with Crippen LogP contribution in [0.15, 0.2) is 30.3 Å². The normalized spacial score (nSPS) is 17.1. The molecule has 1 aliphatic carbocycles. The van der Waals surface area contributed by atoms with Crippen molar-refractivity contribution in [1.82, 2.24) is 4.90 Å². The van der Waals surface area contributed by atoms with E-state index in [2.05, 4.69) is 49.9 Å². The van der Waals surface area contributed by atoms with Gasteiger partial charge in [-0.25, -0.2) is 0 Å². The molecule has 1 saturated carbocycles. The fraction of sp³-hybridized carbons (Fsp3) is 0.611. The highest BCUT2D eigenvalue weighted by Gasteiger charge is 2.31. The van der Waals surface area contributed by atoms with E-state index in [1.165, 1.54) is 31.2 Å². The third-order valence-electron chi connectivity index (χ3n) is 4.22. The van der Waals surface area contributed by atoms with Crippen molar-refractivity contribution in [1.29, 1.82) is 0 Å². The Morgan fingerprint density at radius 2 is 1.81 bits per heavy atom. The van der Waals surface area contributed by atoms with Crippen molar-refractivity contribution in [2.45, 2.75) is 69.5 Å². The fourth-order valence-electron chi connectivity index (χ4n) is 3.12. The monoisotopic (exact) mass is 305 g/mol. The Kier molecular flexibility index (Phi) is 6.16. The lowest BCUT2D eigenvalue weighted by Gasteiger charge is -2.34. The number of amides is 1. The summed E-state index contributed by atoms with van der Waals surface area (Å²) in [5, 5.41) is 0.0354. The van der Waals surface area contributed by atoms with Crippen LogP contribution in [0.1, 0.15) is 52.0 Å². The van der Waals surface area contributed by atoms with E-state index in [-0.39, 0.29) is 5.25 Å². The minimum Gasteiger partial charge on any atom is -0.336 e. The van der Waals surface area contributed by atoms with Crippen molar-refractivity contribution in [3.05, 3.63) is 35.9 Å². The highest BCUT2D eigenvalue weighted by atomic mass is 32.2. The number of nitrogens with zero attached hydrogens (tertiary/aromatic N) is 1. The molecule has 0 aliphatic heterocycles. The predicted octanol–water partition coefficient (Wildman–Crippen LogP) is 4.49. The molecular weight excluding hydrogens is 278 g/mol. The number of carbonyl (C=O) groups excluding carboxylic acids is 1. The van der Waals surface area contributed by atoms with E-state index in [9.17, 15) is 4.79 Å². The first-order valence-electron chi connectivity index (χ1n) is 8.07. The molecule has 0 heterocycles. The summed E-state index contributed by atoms with van der Waals surface area (Å²) in [7, 11) is 0. The highest BCUT2D eigenvalue weighted by Crippen LogP contribution is 2.28. The Labute approximate surface area is 133 Å². The van der Waals surface area contributed by atoms with Crippen LogP contribution in [0.25, 0.3) is 0 Å². The lowest BCUT2D eigenvalue weighted by atomic mass is 10.1. The van der Waals surface area contributed by atoms with Crippen LogP contribution < -0.4 is 0 Å². The Morgan fingerprint density at radius 1 is 1.19 bits per heavy atom. The van der Waals surface area contributed by atoms with Crippen molar-refractivity contribution in [3.8, 4) is 0 Å². The Balaban J connectivity index is 1.93. The summed E-state index contributed by atoms with van der Waals surface area (Å²) in [5.41, 5.74) is 1.29. The molecule has 1 atom stereocenters. The number of hydrogen-bond acceptors (Lipinski definition) is 2. The number of carbonyl (C=O) groups is 1. The molecule has 1 unspecified atom stereocenters. The molecule has 2 rings (SSSR count). The third-order valence-corrected chi connectivity index (χ3v) is 5.42. The predicted molar refractivity (Wildman–Crippen MR) is 91.4 cm³/mol. The van der Waals surface area contributed by atoms with Gasteiger partial charge in [0.2, 0.25) is 5.91 Å². The summed E-state index contributed by atoms with van der Waals surface area (Å²) in [6, 6.07) is 11.2.